The van der Waals surface area contributed by atoms with Gasteiger partial charge >= 0.3 is 13.0 Å². The average molecular weight is 352 g/mol. The molecule has 0 unspecified atom stereocenters. The smallest absolute Gasteiger partial charge is 0.376 e. The summed E-state index contributed by atoms with van der Waals surface area (Å²) in [6, 6.07) is 12.1. The van der Waals surface area contributed by atoms with Crippen LogP contribution in [0.5, 0.6) is 0 Å². The van der Waals surface area contributed by atoms with Crippen LogP contribution in [0.4, 0.5) is 0 Å². The molecule has 1 fully saturated rings. The SMILES string of the molecule is CCOC(=O)c1cc(C(=C2CCN(B(C)O)CC2)c2ccccc2)c[nH]1. The fourth-order valence-corrected chi connectivity index (χ4v) is 3.46. The molecule has 0 bridgehead atoms. The van der Waals surface area contributed by atoms with E-state index in [1.165, 1.54) is 11.1 Å². The van der Waals surface area contributed by atoms with Crippen molar-refractivity contribution in [1.29, 1.82) is 0 Å². The normalized spacial score (nSPS) is 15.0. The average Bonchev–Trinajstić information content (AvgIpc) is 3.13. The number of hydrogen-bond acceptors (Lipinski definition) is 4. The first-order chi connectivity index (χ1) is 12.6. The molecule has 5 nitrogen and oxygen atoms in total. The van der Waals surface area contributed by atoms with Crippen molar-refractivity contribution in [1.82, 2.24) is 9.79 Å². The highest BCUT2D eigenvalue weighted by molar-refractivity contribution is 6.45. The fraction of sp³-hybridized carbons (Fsp3) is 0.350. The third kappa shape index (κ3) is 4.08. The Morgan fingerprint density at radius 1 is 1.23 bits per heavy atom. The molecule has 1 aromatic heterocycles. The quantitative estimate of drug-likeness (QED) is 0.641. The second-order valence-electron chi connectivity index (χ2n) is 6.53. The highest BCUT2D eigenvalue weighted by Crippen LogP contribution is 2.32. The number of nitrogens with zero attached hydrogens (tertiary/aromatic N) is 1. The Morgan fingerprint density at radius 3 is 2.54 bits per heavy atom. The summed E-state index contributed by atoms with van der Waals surface area (Å²) in [5.41, 5.74) is 5.13. The number of benzene rings is 1. The Kier molecular flexibility index (Phi) is 5.96. The van der Waals surface area contributed by atoms with Crippen LogP contribution in [0.2, 0.25) is 6.82 Å². The molecule has 2 heterocycles. The van der Waals surface area contributed by atoms with Gasteiger partial charge in [0.1, 0.15) is 5.69 Å². The highest BCUT2D eigenvalue weighted by Gasteiger charge is 2.24. The lowest BCUT2D eigenvalue weighted by Crippen LogP contribution is -2.41. The van der Waals surface area contributed by atoms with Gasteiger partial charge in [0, 0.05) is 11.8 Å². The number of aromatic nitrogens is 1. The van der Waals surface area contributed by atoms with Crippen LogP contribution in [0.25, 0.3) is 5.57 Å². The van der Waals surface area contributed by atoms with E-state index in [9.17, 15) is 9.82 Å². The zero-order chi connectivity index (χ0) is 18.5. The van der Waals surface area contributed by atoms with Gasteiger partial charge in [0.25, 0.3) is 0 Å². The minimum absolute atomic E-state index is 0.333. The summed E-state index contributed by atoms with van der Waals surface area (Å²) in [5, 5.41) is 9.80. The molecule has 2 aromatic rings. The van der Waals surface area contributed by atoms with Gasteiger partial charge in [-0.1, -0.05) is 35.9 Å². The number of aromatic amines is 1. The van der Waals surface area contributed by atoms with E-state index < -0.39 is 7.05 Å². The fourth-order valence-electron chi connectivity index (χ4n) is 3.46. The van der Waals surface area contributed by atoms with Gasteiger partial charge < -0.3 is 19.6 Å². The zero-order valence-electron chi connectivity index (χ0n) is 15.4. The third-order valence-corrected chi connectivity index (χ3v) is 4.81. The lowest BCUT2D eigenvalue weighted by atomic mass is 9.80. The largest absolute Gasteiger partial charge is 0.461 e. The number of nitrogens with one attached hydrogen (secondary N) is 1. The Morgan fingerprint density at radius 2 is 1.92 bits per heavy atom. The first kappa shape index (κ1) is 18.5. The molecule has 0 saturated carbocycles. The summed E-state index contributed by atoms with van der Waals surface area (Å²) in [4.78, 5) is 17.1. The van der Waals surface area contributed by atoms with Gasteiger partial charge in [0.15, 0.2) is 0 Å². The van der Waals surface area contributed by atoms with E-state index in [1.54, 1.807) is 6.92 Å². The molecule has 0 amide bonds. The molecule has 3 rings (SSSR count). The van der Waals surface area contributed by atoms with Crippen molar-refractivity contribution in [2.75, 3.05) is 19.7 Å². The van der Waals surface area contributed by atoms with E-state index in [0.29, 0.717) is 12.3 Å². The van der Waals surface area contributed by atoms with Crippen LogP contribution in [0.3, 0.4) is 0 Å². The number of rotatable bonds is 5. The molecule has 0 atom stereocenters. The topological polar surface area (TPSA) is 65.6 Å². The minimum Gasteiger partial charge on any atom is -0.461 e. The number of esters is 1. The number of hydrogen-bond donors (Lipinski definition) is 2. The van der Waals surface area contributed by atoms with Crippen molar-refractivity contribution >= 4 is 18.6 Å². The number of ether oxygens (including phenoxy) is 1. The molecule has 136 valence electrons. The van der Waals surface area contributed by atoms with Crippen molar-refractivity contribution in [3.05, 3.63) is 65.0 Å². The number of carbonyl (C=O) groups excluding carboxylic acids is 1. The summed E-state index contributed by atoms with van der Waals surface area (Å²) in [6.45, 7) is 5.63. The van der Waals surface area contributed by atoms with E-state index in [-0.39, 0.29) is 5.97 Å². The van der Waals surface area contributed by atoms with Crippen molar-refractivity contribution in [2.45, 2.75) is 26.6 Å². The van der Waals surface area contributed by atoms with E-state index >= 15 is 0 Å². The Bertz CT molecular complexity index is 773. The van der Waals surface area contributed by atoms with Crippen molar-refractivity contribution < 1.29 is 14.6 Å². The van der Waals surface area contributed by atoms with Crippen LogP contribution in [0.15, 0.2) is 48.2 Å². The maximum Gasteiger partial charge on any atom is 0.376 e. The third-order valence-electron chi connectivity index (χ3n) is 4.81. The standard InChI is InChI=1S/C20H25BN2O3/c1-3-26-20(24)18-13-17(14-22-18)19(15-7-5-4-6-8-15)16-9-11-23(12-10-16)21(2)25/h4-8,13-14,22,25H,3,9-12H2,1-2H3. The maximum atomic E-state index is 12.0. The summed E-state index contributed by atoms with van der Waals surface area (Å²) in [7, 11) is -0.417. The molecular formula is C20H25BN2O3. The number of H-pyrrole nitrogens is 1. The van der Waals surface area contributed by atoms with E-state index in [0.717, 1.165) is 37.1 Å². The van der Waals surface area contributed by atoms with Crippen LogP contribution in [-0.2, 0) is 4.74 Å². The van der Waals surface area contributed by atoms with E-state index in [2.05, 4.69) is 21.9 Å². The monoisotopic (exact) mass is 352 g/mol. The van der Waals surface area contributed by atoms with Crippen LogP contribution >= 0.6 is 0 Å². The molecule has 1 aliphatic heterocycles. The maximum absolute atomic E-state index is 12.0. The van der Waals surface area contributed by atoms with Gasteiger partial charge in [-0.25, -0.2) is 4.79 Å². The zero-order valence-corrected chi connectivity index (χ0v) is 15.4. The van der Waals surface area contributed by atoms with Crippen LogP contribution < -0.4 is 0 Å². The Balaban J connectivity index is 1.96. The van der Waals surface area contributed by atoms with Crippen LogP contribution in [0, 0.1) is 0 Å². The first-order valence-electron chi connectivity index (χ1n) is 9.15. The molecule has 0 aliphatic carbocycles. The van der Waals surface area contributed by atoms with Gasteiger partial charge in [0.05, 0.1) is 6.61 Å². The second-order valence-corrected chi connectivity index (χ2v) is 6.53. The lowest BCUT2D eigenvalue weighted by Gasteiger charge is -2.30. The summed E-state index contributed by atoms with van der Waals surface area (Å²) in [5.74, 6) is -0.333. The van der Waals surface area contributed by atoms with Gasteiger partial charge in [-0.05, 0) is 56.9 Å². The van der Waals surface area contributed by atoms with Crippen LogP contribution in [0.1, 0.15) is 41.4 Å². The predicted octanol–water partition coefficient (Wildman–Crippen LogP) is 3.20. The van der Waals surface area contributed by atoms with Gasteiger partial charge in [-0.3, -0.25) is 0 Å². The van der Waals surface area contributed by atoms with Crippen molar-refractivity contribution in [3.8, 4) is 0 Å². The van der Waals surface area contributed by atoms with Crippen molar-refractivity contribution in [3.63, 3.8) is 0 Å². The van der Waals surface area contributed by atoms with Gasteiger partial charge in [0.2, 0.25) is 0 Å². The first-order valence-corrected chi connectivity index (χ1v) is 9.15. The Labute approximate surface area is 154 Å². The molecule has 0 radical (unpaired) electrons. The number of carbonyl (C=O) groups is 1. The molecule has 0 spiro atoms. The second kappa shape index (κ2) is 8.38. The number of piperidine rings is 1. The summed E-state index contributed by atoms with van der Waals surface area (Å²) in [6.07, 6.45) is 3.67. The molecule has 2 N–H and O–H groups in total. The van der Waals surface area contributed by atoms with Gasteiger partial charge in [-0.2, -0.15) is 0 Å². The summed E-state index contributed by atoms with van der Waals surface area (Å²) >= 11 is 0. The van der Waals surface area contributed by atoms with Crippen molar-refractivity contribution in [2.24, 2.45) is 0 Å². The lowest BCUT2D eigenvalue weighted by molar-refractivity contribution is 0.0520. The Hall–Kier alpha value is -2.31. The molecule has 1 aromatic carbocycles. The molecule has 1 aliphatic rings. The molecule has 1 saturated heterocycles. The van der Waals surface area contributed by atoms with Gasteiger partial charge in [-0.15, -0.1) is 0 Å². The molecule has 26 heavy (non-hydrogen) atoms. The minimum atomic E-state index is -0.417. The van der Waals surface area contributed by atoms with Crippen LogP contribution in [-0.4, -0.2) is 47.5 Å². The van der Waals surface area contributed by atoms with E-state index in [1.807, 2.05) is 37.3 Å². The predicted molar refractivity (Wildman–Crippen MR) is 104 cm³/mol. The summed E-state index contributed by atoms with van der Waals surface area (Å²) < 4.78 is 5.09. The molecule has 6 heteroatoms. The van der Waals surface area contributed by atoms with E-state index in [4.69, 9.17) is 4.74 Å². The molecular weight excluding hydrogens is 327 g/mol. The highest BCUT2D eigenvalue weighted by atomic mass is 16.5.